The number of hydrogen-bond acceptors (Lipinski definition) is 4. The molecule has 0 radical (unpaired) electrons. The lowest BCUT2D eigenvalue weighted by atomic mass is 10.0. The number of benzene rings is 3. The highest BCUT2D eigenvalue weighted by Crippen LogP contribution is 2.31. The van der Waals surface area contributed by atoms with E-state index in [0.717, 1.165) is 5.56 Å². The van der Waals surface area contributed by atoms with Crippen LogP contribution >= 0.6 is 0 Å². The van der Waals surface area contributed by atoms with Gasteiger partial charge in [-0.2, -0.15) is 4.31 Å². The molecule has 4 rings (SSSR count). The number of amides is 1. The Labute approximate surface area is 176 Å². The lowest BCUT2D eigenvalue weighted by Gasteiger charge is -2.28. The third-order valence-corrected chi connectivity index (χ3v) is 7.03. The number of sulfonamides is 1. The predicted molar refractivity (Wildman–Crippen MR) is 115 cm³/mol. The van der Waals surface area contributed by atoms with E-state index in [-0.39, 0.29) is 10.8 Å². The van der Waals surface area contributed by atoms with Crippen molar-refractivity contribution in [1.82, 2.24) is 4.31 Å². The molecule has 0 saturated heterocycles. The Balaban J connectivity index is 1.63. The van der Waals surface area contributed by atoms with Crippen molar-refractivity contribution in [2.75, 3.05) is 19.0 Å². The summed E-state index contributed by atoms with van der Waals surface area (Å²) in [7, 11) is -2.25. The van der Waals surface area contributed by atoms with Gasteiger partial charge >= 0.3 is 0 Å². The van der Waals surface area contributed by atoms with Crippen LogP contribution in [0.25, 0.3) is 0 Å². The van der Waals surface area contributed by atoms with Gasteiger partial charge < -0.3 is 10.1 Å². The number of carbonyl (C=O) groups excluding carboxylic acids is 1. The monoisotopic (exact) mass is 422 g/mol. The van der Waals surface area contributed by atoms with Crippen molar-refractivity contribution in [3.05, 3.63) is 89.5 Å². The first-order chi connectivity index (χ1) is 14.5. The third kappa shape index (κ3) is 3.94. The standard InChI is InChI=1S/C23H22N2O4S/c1-29-22-12-11-20(15-21(22)24-23(26)18-8-3-2-4-9-18)30(27,28)25-14-13-17-7-5-6-10-19(17)16-25/h2-12,15H,13-14,16H2,1H3,(H,24,26). The number of nitrogens with one attached hydrogen (secondary N) is 1. The van der Waals surface area contributed by atoms with Crippen molar-refractivity contribution in [3.63, 3.8) is 0 Å². The highest BCUT2D eigenvalue weighted by atomic mass is 32.2. The molecule has 1 aliphatic heterocycles. The maximum atomic E-state index is 13.3. The van der Waals surface area contributed by atoms with Crippen LogP contribution in [0.5, 0.6) is 5.75 Å². The van der Waals surface area contributed by atoms with E-state index in [1.807, 2.05) is 30.3 Å². The van der Waals surface area contributed by atoms with Crippen LogP contribution in [0.2, 0.25) is 0 Å². The zero-order chi connectivity index (χ0) is 21.1. The van der Waals surface area contributed by atoms with Gasteiger partial charge in [0.1, 0.15) is 5.75 Å². The van der Waals surface area contributed by atoms with Gasteiger partial charge in [0.25, 0.3) is 5.91 Å². The van der Waals surface area contributed by atoms with Crippen molar-refractivity contribution >= 4 is 21.6 Å². The number of methoxy groups -OCH3 is 1. The van der Waals surface area contributed by atoms with Crippen LogP contribution in [0.15, 0.2) is 77.7 Å². The predicted octanol–water partition coefficient (Wildman–Crippen LogP) is 3.69. The van der Waals surface area contributed by atoms with E-state index in [2.05, 4.69) is 5.32 Å². The summed E-state index contributed by atoms with van der Waals surface area (Å²) in [4.78, 5) is 12.7. The van der Waals surface area contributed by atoms with E-state index >= 15 is 0 Å². The second kappa shape index (κ2) is 8.30. The Bertz CT molecular complexity index is 1180. The topological polar surface area (TPSA) is 75.7 Å². The van der Waals surface area contributed by atoms with Crippen LogP contribution in [-0.2, 0) is 23.0 Å². The van der Waals surface area contributed by atoms with Gasteiger partial charge in [-0.05, 0) is 47.9 Å². The van der Waals surface area contributed by atoms with Gasteiger partial charge in [-0.3, -0.25) is 4.79 Å². The average Bonchev–Trinajstić information content (AvgIpc) is 2.79. The molecular formula is C23H22N2O4S. The molecule has 30 heavy (non-hydrogen) atoms. The number of carbonyl (C=O) groups is 1. The molecule has 0 aliphatic carbocycles. The van der Waals surface area contributed by atoms with E-state index in [1.54, 1.807) is 30.3 Å². The number of ether oxygens (including phenoxy) is 1. The fraction of sp³-hybridized carbons (Fsp3) is 0.174. The number of hydrogen-bond donors (Lipinski definition) is 1. The summed E-state index contributed by atoms with van der Waals surface area (Å²) in [5.74, 6) is 0.0533. The molecule has 1 heterocycles. The van der Waals surface area contributed by atoms with E-state index in [9.17, 15) is 13.2 Å². The van der Waals surface area contributed by atoms with Gasteiger partial charge in [0.05, 0.1) is 17.7 Å². The molecule has 0 unspecified atom stereocenters. The van der Waals surface area contributed by atoms with Crippen molar-refractivity contribution in [1.29, 1.82) is 0 Å². The van der Waals surface area contributed by atoms with Crippen LogP contribution < -0.4 is 10.1 Å². The van der Waals surface area contributed by atoms with Crippen LogP contribution in [0, 0.1) is 0 Å². The minimum absolute atomic E-state index is 0.117. The van der Waals surface area contributed by atoms with E-state index in [4.69, 9.17) is 4.74 Å². The molecule has 0 spiro atoms. The van der Waals surface area contributed by atoms with Crippen LogP contribution in [0.1, 0.15) is 21.5 Å². The largest absolute Gasteiger partial charge is 0.495 e. The number of rotatable bonds is 5. The molecule has 0 atom stereocenters. The third-order valence-electron chi connectivity index (χ3n) is 5.19. The maximum Gasteiger partial charge on any atom is 0.255 e. The SMILES string of the molecule is COc1ccc(S(=O)(=O)N2CCc3ccccc3C2)cc1NC(=O)c1ccccc1. The number of nitrogens with zero attached hydrogens (tertiary/aromatic N) is 1. The molecule has 6 nitrogen and oxygen atoms in total. The second-order valence-electron chi connectivity index (χ2n) is 7.04. The van der Waals surface area contributed by atoms with Crippen LogP contribution in [0.4, 0.5) is 5.69 Å². The highest BCUT2D eigenvalue weighted by Gasteiger charge is 2.29. The highest BCUT2D eigenvalue weighted by molar-refractivity contribution is 7.89. The van der Waals surface area contributed by atoms with Gasteiger partial charge in [0.2, 0.25) is 10.0 Å². The molecule has 154 valence electrons. The molecule has 0 aromatic heterocycles. The molecule has 7 heteroatoms. The zero-order valence-corrected chi connectivity index (χ0v) is 17.4. The van der Waals surface area contributed by atoms with Crippen molar-refractivity contribution in [2.24, 2.45) is 0 Å². The minimum atomic E-state index is -3.73. The zero-order valence-electron chi connectivity index (χ0n) is 16.5. The summed E-state index contributed by atoms with van der Waals surface area (Å²) < 4.78 is 33.3. The Morgan fingerprint density at radius 2 is 1.67 bits per heavy atom. The Morgan fingerprint density at radius 3 is 2.40 bits per heavy atom. The first-order valence-corrected chi connectivity index (χ1v) is 11.0. The molecule has 3 aromatic carbocycles. The first-order valence-electron chi connectivity index (χ1n) is 9.60. The van der Waals surface area contributed by atoms with E-state index in [1.165, 1.54) is 29.1 Å². The molecule has 1 aliphatic rings. The summed E-state index contributed by atoms with van der Waals surface area (Å²) in [5, 5.41) is 2.76. The summed E-state index contributed by atoms with van der Waals surface area (Å²) in [6.45, 7) is 0.743. The Hall–Kier alpha value is -3.16. The van der Waals surface area contributed by atoms with E-state index < -0.39 is 10.0 Å². The van der Waals surface area contributed by atoms with Crippen molar-refractivity contribution in [3.8, 4) is 5.75 Å². The molecule has 1 amide bonds. The molecule has 3 aromatic rings. The summed E-state index contributed by atoms with van der Waals surface area (Å²) >= 11 is 0. The quantitative estimate of drug-likeness (QED) is 0.680. The smallest absolute Gasteiger partial charge is 0.255 e. The van der Waals surface area contributed by atoms with Crippen LogP contribution in [0.3, 0.4) is 0 Å². The second-order valence-corrected chi connectivity index (χ2v) is 8.98. The number of anilines is 1. The summed E-state index contributed by atoms with van der Waals surface area (Å²) in [6.07, 6.45) is 0.670. The Morgan fingerprint density at radius 1 is 0.967 bits per heavy atom. The van der Waals surface area contributed by atoms with Gasteiger partial charge in [0, 0.05) is 18.7 Å². The lowest BCUT2D eigenvalue weighted by Crippen LogP contribution is -2.36. The van der Waals surface area contributed by atoms with Crippen LogP contribution in [-0.4, -0.2) is 32.3 Å². The maximum absolute atomic E-state index is 13.3. The number of fused-ring (bicyclic) bond motifs is 1. The summed E-state index contributed by atoms with van der Waals surface area (Å²) in [6, 6.07) is 21.1. The molecular weight excluding hydrogens is 400 g/mol. The van der Waals surface area contributed by atoms with Crippen molar-refractivity contribution < 1.29 is 17.9 Å². The molecule has 0 fully saturated rings. The van der Waals surface area contributed by atoms with Gasteiger partial charge in [0.15, 0.2) is 0 Å². The minimum Gasteiger partial charge on any atom is -0.495 e. The molecule has 1 N–H and O–H groups in total. The lowest BCUT2D eigenvalue weighted by molar-refractivity contribution is 0.102. The fourth-order valence-electron chi connectivity index (χ4n) is 3.55. The van der Waals surface area contributed by atoms with Gasteiger partial charge in [-0.15, -0.1) is 0 Å². The fourth-order valence-corrected chi connectivity index (χ4v) is 5.00. The van der Waals surface area contributed by atoms with E-state index in [0.29, 0.717) is 36.5 Å². The Kier molecular flexibility index (Phi) is 5.57. The first kappa shape index (κ1) is 20.1. The van der Waals surface area contributed by atoms with Gasteiger partial charge in [-0.1, -0.05) is 42.5 Å². The molecule has 0 saturated carbocycles. The van der Waals surface area contributed by atoms with Gasteiger partial charge in [-0.25, -0.2) is 8.42 Å². The summed E-state index contributed by atoms with van der Waals surface area (Å²) in [5.41, 5.74) is 2.97. The van der Waals surface area contributed by atoms with Crippen molar-refractivity contribution in [2.45, 2.75) is 17.9 Å². The normalized spacial score (nSPS) is 14.0. The average molecular weight is 423 g/mol. The molecule has 0 bridgehead atoms.